The van der Waals surface area contributed by atoms with Gasteiger partial charge in [0.15, 0.2) is 0 Å². The van der Waals surface area contributed by atoms with Gasteiger partial charge in [-0.25, -0.2) is 0 Å². The van der Waals surface area contributed by atoms with Crippen LogP contribution in [-0.2, 0) is 16.0 Å². The quantitative estimate of drug-likeness (QED) is 0.823. The SMILES string of the molecule is CN(CCc1cccs1)C(=O)CCC(=O)O. The molecule has 0 aromatic carbocycles. The Hall–Kier alpha value is -1.36. The topological polar surface area (TPSA) is 57.6 Å². The van der Waals surface area contributed by atoms with Gasteiger partial charge in [-0.05, 0) is 17.9 Å². The van der Waals surface area contributed by atoms with Crippen molar-refractivity contribution in [2.75, 3.05) is 13.6 Å². The van der Waals surface area contributed by atoms with Crippen LogP contribution in [0.3, 0.4) is 0 Å². The Labute approximate surface area is 98.5 Å². The van der Waals surface area contributed by atoms with Crippen LogP contribution < -0.4 is 0 Å². The molecule has 0 aliphatic rings. The standard InChI is InChI=1S/C11H15NO3S/c1-12(10(13)4-5-11(14)15)7-6-9-3-2-8-16-9/h2-3,8H,4-7H2,1H3,(H,14,15). The van der Waals surface area contributed by atoms with E-state index in [4.69, 9.17) is 5.11 Å². The number of carbonyl (C=O) groups excluding carboxylic acids is 1. The first kappa shape index (κ1) is 12.7. The molecule has 1 aromatic heterocycles. The molecule has 0 aliphatic heterocycles. The summed E-state index contributed by atoms with van der Waals surface area (Å²) in [5.74, 6) is -1.04. The Morgan fingerprint density at radius 2 is 2.19 bits per heavy atom. The molecule has 4 nitrogen and oxygen atoms in total. The predicted octanol–water partition coefficient (Wildman–Crippen LogP) is 1.61. The third-order valence-corrected chi connectivity index (χ3v) is 3.19. The summed E-state index contributed by atoms with van der Waals surface area (Å²) in [6.07, 6.45) is 0.811. The number of carbonyl (C=O) groups is 2. The van der Waals surface area contributed by atoms with Gasteiger partial charge in [-0.15, -0.1) is 11.3 Å². The van der Waals surface area contributed by atoms with E-state index in [-0.39, 0.29) is 18.7 Å². The normalized spacial score (nSPS) is 10.1. The summed E-state index contributed by atoms with van der Waals surface area (Å²) >= 11 is 1.66. The third kappa shape index (κ3) is 4.44. The van der Waals surface area contributed by atoms with Crippen LogP contribution in [0.5, 0.6) is 0 Å². The molecule has 5 heteroatoms. The monoisotopic (exact) mass is 241 g/mol. The van der Waals surface area contributed by atoms with Gasteiger partial charge in [0.25, 0.3) is 0 Å². The molecule has 1 aromatic rings. The van der Waals surface area contributed by atoms with Gasteiger partial charge >= 0.3 is 5.97 Å². The summed E-state index contributed by atoms with van der Waals surface area (Å²) in [6.45, 7) is 0.638. The Morgan fingerprint density at radius 3 is 2.75 bits per heavy atom. The molecule has 88 valence electrons. The van der Waals surface area contributed by atoms with Crippen molar-refractivity contribution in [2.24, 2.45) is 0 Å². The zero-order valence-corrected chi connectivity index (χ0v) is 10.00. The highest BCUT2D eigenvalue weighted by Gasteiger charge is 2.10. The lowest BCUT2D eigenvalue weighted by molar-refractivity contribution is -0.140. The molecule has 1 rings (SSSR count). The maximum atomic E-state index is 11.5. The van der Waals surface area contributed by atoms with Crippen molar-refractivity contribution in [1.82, 2.24) is 4.90 Å². The molecular weight excluding hydrogens is 226 g/mol. The van der Waals surface area contributed by atoms with Crippen LogP contribution in [0.25, 0.3) is 0 Å². The summed E-state index contributed by atoms with van der Waals surface area (Å²) in [4.78, 5) is 24.6. The number of amides is 1. The van der Waals surface area contributed by atoms with E-state index in [1.54, 1.807) is 23.3 Å². The summed E-state index contributed by atoms with van der Waals surface area (Å²) in [5.41, 5.74) is 0. The lowest BCUT2D eigenvalue weighted by Gasteiger charge is -2.15. The molecule has 0 atom stereocenters. The van der Waals surface area contributed by atoms with E-state index in [1.807, 2.05) is 17.5 Å². The lowest BCUT2D eigenvalue weighted by Crippen LogP contribution is -2.28. The molecule has 0 bridgehead atoms. The summed E-state index contributed by atoms with van der Waals surface area (Å²) in [6, 6.07) is 4.01. The Kier molecular flexibility index (Phi) is 4.98. The van der Waals surface area contributed by atoms with Crippen LogP contribution in [0, 0.1) is 0 Å². The molecule has 0 spiro atoms. The largest absolute Gasteiger partial charge is 0.481 e. The van der Waals surface area contributed by atoms with Crippen LogP contribution in [0.2, 0.25) is 0 Å². The van der Waals surface area contributed by atoms with Gasteiger partial charge < -0.3 is 10.0 Å². The number of likely N-dealkylation sites (N-methyl/N-ethyl adjacent to an activating group) is 1. The van der Waals surface area contributed by atoms with Gasteiger partial charge in [0.05, 0.1) is 6.42 Å². The number of rotatable bonds is 6. The number of carboxylic acid groups (broad SMARTS) is 1. The van der Waals surface area contributed by atoms with Crippen molar-refractivity contribution in [1.29, 1.82) is 0 Å². The fraction of sp³-hybridized carbons (Fsp3) is 0.455. The van der Waals surface area contributed by atoms with Gasteiger partial charge in [0.1, 0.15) is 0 Å². The fourth-order valence-corrected chi connectivity index (χ4v) is 1.96. The average Bonchev–Trinajstić information content (AvgIpc) is 2.75. The molecular formula is C11H15NO3S. The second-order valence-corrected chi connectivity index (χ2v) is 4.57. The molecule has 0 saturated heterocycles. The second-order valence-electron chi connectivity index (χ2n) is 3.54. The van der Waals surface area contributed by atoms with Gasteiger partial charge in [-0.2, -0.15) is 0 Å². The van der Waals surface area contributed by atoms with Crippen molar-refractivity contribution in [2.45, 2.75) is 19.3 Å². The fourth-order valence-electron chi connectivity index (χ4n) is 1.26. The summed E-state index contributed by atoms with van der Waals surface area (Å²) < 4.78 is 0. The number of nitrogens with zero attached hydrogens (tertiary/aromatic N) is 1. The van der Waals surface area contributed by atoms with Crippen molar-refractivity contribution < 1.29 is 14.7 Å². The highest BCUT2D eigenvalue weighted by Crippen LogP contribution is 2.09. The zero-order chi connectivity index (χ0) is 12.0. The van der Waals surface area contributed by atoms with Crippen molar-refractivity contribution in [3.05, 3.63) is 22.4 Å². The number of hydrogen-bond donors (Lipinski definition) is 1. The first-order valence-electron chi connectivity index (χ1n) is 5.07. The van der Waals surface area contributed by atoms with Crippen molar-refractivity contribution in [3.63, 3.8) is 0 Å². The summed E-state index contributed by atoms with van der Waals surface area (Å²) in [7, 11) is 1.71. The molecule has 0 saturated carbocycles. The Bertz CT molecular complexity index is 348. The smallest absolute Gasteiger partial charge is 0.303 e. The molecule has 1 amide bonds. The maximum absolute atomic E-state index is 11.5. The van der Waals surface area contributed by atoms with Crippen LogP contribution in [-0.4, -0.2) is 35.5 Å². The number of aliphatic carboxylic acids is 1. The highest BCUT2D eigenvalue weighted by atomic mass is 32.1. The van der Waals surface area contributed by atoms with Crippen LogP contribution >= 0.6 is 11.3 Å². The van der Waals surface area contributed by atoms with Crippen molar-refractivity contribution in [3.8, 4) is 0 Å². The lowest BCUT2D eigenvalue weighted by atomic mass is 10.2. The third-order valence-electron chi connectivity index (χ3n) is 2.25. The Morgan fingerprint density at radius 1 is 1.44 bits per heavy atom. The van der Waals surface area contributed by atoms with E-state index >= 15 is 0 Å². The van der Waals surface area contributed by atoms with Gasteiger partial charge in [0.2, 0.25) is 5.91 Å². The molecule has 0 aliphatic carbocycles. The minimum Gasteiger partial charge on any atom is -0.481 e. The van der Waals surface area contributed by atoms with Gasteiger partial charge in [-0.3, -0.25) is 9.59 Å². The molecule has 0 unspecified atom stereocenters. The first-order valence-corrected chi connectivity index (χ1v) is 5.95. The van der Waals surface area contributed by atoms with E-state index < -0.39 is 5.97 Å². The number of carboxylic acids is 1. The van der Waals surface area contributed by atoms with E-state index in [2.05, 4.69) is 0 Å². The second kappa shape index (κ2) is 6.27. The molecule has 1 heterocycles. The molecule has 0 fully saturated rings. The van der Waals surface area contributed by atoms with Crippen molar-refractivity contribution >= 4 is 23.2 Å². The molecule has 16 heavy (non-hydrogen) atoms. The van der Waals surface area contributed by atoms with E-state index in [9.17, 15) is 9.59 Å². The predicted molar refractivity (Wildman–Crippen MR) is 62.5 cm³/mol. The minimum absolute atomic E-state index is 0.0796. The van der Waals surface area contributed by atoms with Gasteiger partial charge in [0, 0.05) is 24.9 Å². The minimum atomic E-state index is -0.931. The van der Waals surface area contributed by atoms with E-state index in [0.717, 1.165) is 6.42 Å². The Balaban J connectivity index is 2.26. The average molecular weight is 241 g/mol. The van der Waals surface area contributed by atoms with Crippen LogP contribution in [0.4, 0.5) is 0 Å². The maximum Gasteiger partial charge on any atom is 0.303 e. The number of thiophene rings is 1. The highest BCUT2D eigenvalue weighted by molar-refractivity contribution is 7.09. The van der Waals surface area contributed by atoms with Crippen LogP contribution in [0.1, 0.15) is 17.7 Å². The molecule has 0 radical (unpaired) electrons. The first-order chi connectivity index (χ1) is 7.59. The van der Waals surface area contributed by atoms with Crippen LogP contribution in [0.15, 0.2) is 17.5 Å². The summed E-state index contributed by atoms with van der Waals surface area (Å²) in [5, 5.41) is 10.5. The molecule has 1 N–H and O–H groups in total. The number of hydrogen-bond acceptors (Lipinski definition) is 3. The zero-order valence-electron chi connectivity index (χ0n) is 9.18. The van der Waals surface area contributed by atoms with E-state index in [1.165, 1.54) is 4.88 Å². The van der Waals surface area contributed by atoms with E-state index in [0.29, 0.717) is 6.54 Å². The van der Waals surface area contributed by atoms with Gasteiger partial charge in [-0.1, -0.05) is 6.07 Å².